The van der Waals surface area contributed by atoms with E-state index in [9.17, 15) is 19.1 Å². The molecule has 1 aliphatic heterocycles. The Hall–Kier alpha value is -2.15. The molecule has 1 aliphatic carbocycles. The summed E-state index contributed by atoms with van der Waals surface area (Å²) in [6.45, 7) is 1.86. The number of benzene rings is 1. The maximum Gasteiger partial charge on any atom is 0.326 e. The summed E-state index contributed by atoms with van der Waals surface area (Å²) in [6.07, 6.45) is 1.51. The number of nitrogens with one attached hydrogen (secondary N) is 1. The van der Waals surface area contributed by atoms with Crippen molar-refractivity contribution in [2.24, 2.45) is 11.1 Å². The Morgan fingerprint density at radius 2 is 2.24 bits per heavy atom. The molecule has 1 atom stereocenters. The first kappa shape index (κ1) is 17.7. The summed E-state index contributed by atoms with van der Waals surface area (Å²) in [7, 11) is 0. The Labute approximate surface area is 149 Å². The molecule has 1 aromatic carbocycles. The van der Waals surface area contributed by atoms with Gasteiger partial charge in [0.25, 0.3) is 0 Å². The van der Waals surface area contributed by atoms with Gasteiger partial charge >= 0.3 is 5.97 Å². The Morgan fingerprint density at radius 1 is 1.52 bits per heavy atom. The zero-order valence-electron chi connectivity index (χ0n) is 13.6. The zero-order chi connectivity index (χ0) is 18.2. The van der Waals surface area contributed by atoms with Crippen molar-refractivity contribution in [2.75, 3.05) is 0 Å². The number of hydrogen-bond acceptors (Lipinski definition) is 4. The third kappa shape index (κ3) is 3.61. The molecule has 0 aromatic heterocycles. The third-order valence-corrected chi connectivity index (χ3v) is 4.94. The second-order valence-electron chi connectivity index (χ2n) is 6.70. The number of rotatable bonds is 5. The molecule has 0 bridgehead atoms. The molecule has 2 N–H and O–H groups in total. The Bertz CT molecular complexity index is 746. The van der Waals surface area contributed by atoms with Crippen LogP contribution in [-0.4, -0.2) is 34.3 Å². The van der Waals surface area contributed by atoms with Gasteiger partial charge in [0.2, 0.25) is 5.91 Å². The van der Waals surface area contributed by atoms with Crippen LogP contribution in [0.15, 0.2) is 23.4 Å². The lowest BCUT2D eigenvalue weighted by Crippen LogP contribution is -2.53. The largest absolute Gasteiger partial charge is 0.480 e. The minimum atomic E-state index is -1.22. The lowest BCUT2D eigenvalue weighted by atomic mass is 9.68. The van der Waals surface area contributed by atoms with Crippen LogP contribution in [0.4, 0.5) is 4.39 Å². The second kappa shape index (κ2) is 6.63. The van der Waals surface area contributed by atoms with E-state index in [4.69, 9.17) is 16.4 Å². The number of aliphatic carboxylic acids is 1. The van der Waals surface area contributed by atoms with Crippen LogP contribution in [0.1, 0.15) is 31.7 Å². The molecule has 134 valence electrons. The molecule has 3 rings (SSSR count). The van der Waals surface area contributed by atoms with E-state index >= 15 is 0 Å². The molecule has 6 nitrogen and oxygen atoms in total. The predicted octanol–water partition coefficient (Wildman–Crippen LogP) is 2.54. The number of carbonyl (C=O) groups excluding carboxylic acids is 1. The molecule has 25 heavy (non-hydrogen) atoms. The van der Waals surface area contributed by atoms with Gasteiger partial charge in [0.1, 0.15) is 17.5 Å². The number of hydrogen-bond donors (Lipinski definition) is 2. The molecule has 0 radical (unpaired) electrons. The molecule has 1 fully saturated rings. The Morgan fingerprint density at radius 3 is 2.84 bits per heavy atom. The van der Waals surface area contributed by atoms with Crippen molar-refractivity contribution in [3.63, 3.8) is 0 Å². The SMILES string of the molecule is CC1=NOC2(C1)CC(C(=O)NC(Cc1cccc(Cl)c1F)C(=O)O)C2. The van der Waals surface area contributed by atoms with Gasteiger partial charge < -0.3 is 15.3 Å². The summed E-state index contributed by atoms with van der Waals surface area (Å²) in [4.78, 5) is 29.1. The molecule has 2 aliphatic rings. The molecule has 8 heteroatoms. The highest BCUT2D eigenvalue weighted by molar-refractivity contribution is 6.30. The standard InChI is InChI=1S/C17H18ClFN2O4/c1-9-6-17(25-21-9)7-11(8-17)15(22)20-13(16(23)24)5-10-3-2-4-12(18)14(10)19/h2-4,11,13H,5-8H2,1H3,(H,20,22)(H,23,24). The van der Waals surface area contributed by atoms with E-state index in [-0.39, 0.29) is 28.8 Å². The lowest BCUT2D eigenvalue weighted by molar-refractivity contribution is -0.151. The van der Waals surface area contributed by atoms with Crippen molar-refractivity contribution in [3.8, 4) is 0 Å². The topological polar surface area (TPSA) is 88.0 Å². The average molecular weight is 369 g/mol. The molecule has 0 saturated heterocycles. The average Bonchev–Trinajstić information content (AvgIpc) is 2.91. The van der Waals surface area contributed by atoms with E-state index in [0.717, 1.165) is 5.71 Å². The first-order chi connectivity index (χ1) is 11.8. The number of carbonyl (C=O) groups is 2. The highest BCUT2D eigenvalue weighted by Crippen LogP contribution is 2.46. The van der Waals surface area contributed by atoms with Gasteiger partial charge in [0.05, 0.1) is 10.7 Å². The van der Waals surface area contributed by atoms with Crippen LogP contribution in [0.3, 0.4) is 0 Å². The smallest absolute Gasteiger partial charge is 0.326 e. The molecule has 1 heterocycles. The lowest BCUT2D eigenvalue weighted by Gasteiger charge is -2.41. The number of carboxylic acid groups (broad SMARTS) is 1. The minimum Gasteiger partial charge on any atom is -0.480 e. The van der Waals surface area contributed by atoms with Gasteiger partial charge in [-0.2, -0.15) is 0 Å². The summed E-state index contributed by atoms with van der Waals surface area (Å²) in [5.74, 6) is -2.59. The minimum absolute atomic E-state index is 0.0809. The molecule has 1 unspecified atom stereocenters. The fraction of sp³-hybridized carbons (Fsp3) is 0.471. The summed E-state index contributed by atoms with van der Waals surface area (Å²) >= 11 is 5.71. The number of amides is 1. The van der Waals surface area contributed by atoms with Gasteiger partial charge in [-0.25, -0.2) is 9.18 Å². The van der Waals surface area contributed by atoms with Crippen molar-refractivity contribution < 1.29 is 23.9 Å². The molecule has 1 aromatic rings. The first-order valence-corrected chi connectivity index (χ1v) is 8.35. The summed E-state index contributed by atoms with van der Waals surface area (Å²) in [6, 6.07) is 3.15. The summed E-state index contributed by atoms with van der Waals surface area (Å²) < 4.78 is 14.0. The van der Waals surface area contributed by atoms with Crippen LogP contribution in [0.25, 0.3) is 0 Å². The first-order valence-electron chi connectivity index (χ1n) is 7.97. The zero-order valence-corrected chi connectivity index (χ0v) is 14.3. The summed E-state index contributed by atoms with van der Waals surface area (Å²) in [5, 5.41) is 15.7. The van der Waals surface area contributed by atoms with Crippen LogP contribution in [-0.2, 0) is 20.8 Å². The van der Waals surface area contributed by atoms with Crippen LogP contribution in [0, 0.1) is 11.7 Å². The van der Waals surface area contributed by atoms with E-state index in [1.54, 1.807) is 0 Å². The number of nitrogens with zero attached hydrogens (tertiary/aromatic N) is 1. The number of halogens is 2. The monoisotopic (exact) mass is 368 g/mol. The molecular weight excluding hydrogens is 351 g/mol. The Balaban J connectivity index is 1.60. The van der Waals surface area contributed by atoms with Gasteiger partial charge in [-0.3, -0.25) is 4.79 Å². The maximum absolute atomic E-state index is 14.0. The van der Waals surface area contributed by atoms with Gasteiger partial charge in [0, 0.05) is 31.6 Å². The van der Waals surface area contributed by atoms with Gasteiger partial charge in [-0.15, -0.1) is 0 Å². The highest BCUT2D eigenvalue weighted by atomic mass is 35.5. The van der Waals surface area contributed by atoms with Gasteiger partial charge in [-0.05, 0) is 18.6 Å². The number of carboxylic acids is 1. The fourth-order valence-corrected chi connectivity index (χ4v) is 3.56. The van der Waals surface area contributed by atoms with Crippen LogP contribution < -0.4 is 5.32 Å². The fourth-order valence-electron chi connectivity index (χ4n) is 3.36. The van der Waals surface area contributed by atoms with Crippen LogP contribution in [0.5, 0.6) is 0 Å². The van der Waals surface area contributed by atoms with Gasteiger partial charge in [-0.1, -0.05) is 28.9 Å². The maximum atomic E-state index is 14.0. The molecular formula is C17H18ClFN2O4. The van der Waals surface area contributed by atoms with Crippen LogP contribution >= 0.6 is 11.6 Å². The van der Waals surface area contributed by atoms with Crippen molar-refractivity contribution in [1.29, 1.82) is 0 Å². The van der Waals surface area contributed by atoms with Crippen molar-refractivity contribution in [3.05, 3.63) is 34.6 Å². The molecule has 1 saturated carbocycles. The van der Waals surface area contributed by atoms with Crippen LogP contribution in [0.2, 0.25) is 5.02 Å². The van der Waals surface area contributed by atoms with E-state index in [2.05, 4.69) is 10.5 Å². The van der Waals surface area contributed by atoms with E-state index in [0.29, 0.717) is 19.3 Å². The van der Waals surface area contributed by atoms with E-state index < -0.39 is 23.4 Å². The second-order valence-corrected chi connectivity index (χ2v) is 7.11. The molecule has 1 spiro atoms. The normalized spacial score (nSPS) is 25.7. The van der Waals surface area contributed by atoms with Crippen molar-refractivity contribution >= 4 is 29.2 Å². The highest BCUT2D eigenvalue weighted by Gasteiger charge is 2.52. The third-order valence-electron chi connectivity index (χ3n) is 4.65. The van der Waals surface area contributed by atoms with Crippen molar-refractivity contribution in [2.45, 2.75) is 44.2 Å². The van der Waals surface area contributed by atoms with Crippen molar-refractivity contribution in [1.82, 2.24) is 5.32 Å². The summed E-state index contributed by atoms with van der Waals surface area (Å²) in [5.41, 5.74) is 0.622. The molecule has 1 amide bonds. The Kier molecular flexibility index (Phi) is 4.69. The quantitative estimate of drug-likeness (QED) is 0.836. The van der Waals surface area contributed by atoms with E-state index in [1.165, 1.54) is 18.2 Å². The number of oxime groups is 1. The predicted molar refractivity (Wildman–Crippen MR) is 88.9 cm³/mol. The van der Waals surface area contributed by atoms with Gasteiger partial charge in [0.15, 0.2) is 0 Å². The van der Waals surface area contributed by atoms with E-state index in [1.807, 2.05) is 6.92 Å².